The predicted molar refractivity (Wildman–Crippen MR) is 70.9 cm³/mol. The van der Waals surface area contributed by atoms with Crippen LogP contribution in [0.5, 0.6) is 0 Å². The first-order valence-corrected chi connectivity index (χ1v) is 5.89. The second kappa shape index (κ2) is 5.48. The number of nitrogens with zero attached hydrogens (tertiary/aromatic N) is 3. The largest absolute Gasteiger partial charge is 0.340 e. The number of hydrogen-bond donors (Lipinski definition) is 1. The van der Waals surface area contributed by atoms with E-state index in [4.69, 9.17) is 16.9 Å². The quantitative estimate of drug-likeness (QED) is 0.858. The van der Waals surface area contributed by atoms with Gasteiger partial charge in [0.2, 0.25) is 0 Å². The Hall–Kier alpha value is -2.12. The van der Waals surface area contributed by atoms with Crippen LogP contribution in [0.4, 0.5) is 11.5 Å². The van der Waals surface area contributed by atoms with E-state index in [9.17, 15) is 0 Å². The molecule has 0 aliphatic carbocycles. The molecule has 0 atom stereocenters. The third kappa shape index (κ3) is 2.96. The first-order chi connectivity index (χ1) is 8.71. The van der Waals surface area contributed by atoms with Crippen molar-refractivity contribution in [1.82, 2.24) is 9.97 Å². The van der Waals surface area contributed by atoms with Gasteiger partial charge in [-0.3, -0.25) is 0 Å². The minimum absolute atomic E-state index is 0.415. The lowest BCUT2D eigenvalue weighted by Crippen LogP contribution is -1.99. The second-order valence-electron chi connectivity index (χ2n) is 3.66. The number of rotatable bonds is 3. The highest BCUT2D eigenvalue weighted by Gasteiger charge is 2.02. The zero-order valence-corrected chi connectivity index (χ0v) is 10.6. The van der Waals surface area contributed by atoms with Gasteiger partial charge in [0.05, 0.1) is 11.6 Å². The van der Waals surface area contributed by atoms with Gasteiger partial charge in [0.1, 0.15) is 16.8 Å². The van der Waals surface area contributed by atoms with E-state index in [1.54, 1.807) is 18.2 Å². The highest BCUT2D eigenvalue weighted by molar-refractivity contribution is 6.29. The van der Waals surface area contributed by atoms with E-state index in [1.807, 2.05) is 19.1 Å². The SMILES string of the molecule is CCc1nc(Cl)cc(Nc2ccc(C#N)cc2)n1. The van der Waals surface area contributed by atoms with Gasteiger partial charge in [-0.25, -0.2) is 9.97 Å². The van der Waals surface area contributed by atoms with Crippen molar-refractivity contribution in [3.05, 3.63) is 46.9 Å². The average Bonchev–Trinajstić information content (AvgIpc) is 2.39. The smallest absolute Gasteiger partial charge is 0.135 e. The topological polar surface area (TPSA) is 61.6 Å². The lowest BCUT2D eigenvalue weighted by atomic mass is 10.2. The molecule has 1 aromatic carbocycles. The van der Waals surface area contributed by atoms with Crippen molar-refractivity contribution in [2.75, 3.05) is 5.32 Å². The zero-order chi connectivity index (χ0) is 13.0. The van der Waals surface area contributed by atoms with Gasteiger partial charge < -0.3 is 5.32 Å². The van der Waals surface area contributed by atoms with Crippen LogP contribution >= 0.6 is 11.6 Å². The van der Waals surface area contributed by atoms with Crippen LogP contribution in [0.2, 0.25) is 5.15 Å². The lowest BCUT2D eigenvalue weighted by molar-refractivity contribution is 0.943. The van der Waals surface area contributed by atoms with Gasteiger partial charge in [0.15, 0.2) is 0 Å². The van der Waals surface area contributed by atoms with Crippen LogP contribution in [0.1, 0.15) is 18.3 Å². The minimum Gasteiger partial charge on any atom is -0.340 e. The summed E-state index contributed by atoms with van der Waals surface area (Å²) in [5.41, 5.74) is 1.47. The standard InChI is InChI=1S/C13H11ClN4/c1-2-12-17-11(14)7-13(18-12)16-10-5-3-9(8-15)4-6-10/h3-7H,2H2,1H3,(H,16,17,18). The van der Waals surface area contributed by atoms with E-state index < -0.39 is 0 Å². The number of aromatic nitrogens is 2. The van der Waals surface area contributed by atoms with Crippen molar-refractivity contribution >= 4 is 23.1 Å². The predicted octanol–water partition coefficient (Wildman–Crippen LogP) is 3.31. The van der Waals surface area contributed by atoms with Crippen molar-refractivity contribution in [2.24, 2.45) is 0 Å². The molecule has 0 saturated carbocycles. The van der Waals surface area contributed by atoms with Crippen LogP contribution in [-0.2, 0) is 6.42 Å². The van der Waals surface area contributed by atoms with Crippen LogP contribution < -0.4 is 5.32 Å². The summed E-state index contributed by atoms with van der Waals surface area (Å²) < 4.78 is 0. The molecule has 2 aromatic rings. The van der Waals surface area contributed by atoms with Crippen LogP contribution in [0.25, 0.3) is 0 Å². The molecule has 1 aromatic heterocycles. The molecule has 0 spiro atoms. The van der Waals surface area contributed by atoms with Gasteiger partial charge in [-0.15, -0.1) is 0 Å². The first kappa shape index (κ1) is 12.3. The van der Waals surface area contributed by atoms with E-state index in [0.29, 0.717) is 22.4 Å². The van der Waals surface area contributed by atoms with Crippen molar-refractivity contribution in [1.29, 1.82) is 5.26 Å². The molecular formula is C13H11ClN4. The number of nitriles is 1. The molecule has 0 fully saturated rings. The number of anilines is 2. The maximum Gasteiger partial charge on any atom is 0.135 e. The fraction of sp³-hybridized carbons (Fsp3) is 0.154. The molecular weight excluding hydrogens is 248 g/mol. The molecule has 2 rings (SSSR count). The summed E-state index contributed by atoms with van der Waals surface area (Å²) in [5.74, 6) is 1.34. The van der Waals surface area contributed by atoms with E-state index >= 15 is 0 Å². The van der Waals surface area contributed by atoms with E-state index in [1.165, 1.54) is 0 Å². The Labute approximate surface area is 110 Å². The third-order valence-corrected chi connectivity index (χ3v) is 2.54. The zero-order valence-electron chi connectivity index (χ0n) is 9.81. The number of hydrogen-bond acceptors (Lipinski definition) is 4. The maximum absolute atomic E-state index is 8.71. The molecule has 0 saturated heterocycles. The molecule has 1 N–H and O–H groups in total. The molecule has 0 aliphatic rings. The molecule has 0 bridgehead atoms. The van der Waals surface area contributed by atoms with E-state index in [2.05, 4.69) is 21.4 Å². The highest BCUT2D eigenvalue weighted by Crippen LogP contribution is 2.18. The van der Waals surface area contributed by atoms with Gasteiger partial charge in [0.25, 0.3) is 0 Å². The highest BCUT2D eigenvalue weighted by atomic mass is 35.5. The second-order valence-corrected chi connectivity index (χ2v) is 4.05. The Morgan fingerprint density at radius 1 is 1.28 bits per heavy atom. The number of halogens is 1. The van der Waals surface area contributed by atoms with Crippen molar-refractivity contribution in [3.8, 4) is 6.07 Å². The number of aryl methyl sites for hydroxylation is 1. The fourth-order valence-electron chi connectivity index (χ4n) is 1.46. The van der Waals surface area contributed by atoms with Gasteiger partial charge in [0, 0.05) is 18.2 Å². The Balaban J connectivity index is 2.22. The normalized spacial score (nSPS) is 9.83. The molecule has 0 aliphatic heterocycles. The van der Waals surface area contributed by atoms with Crippen LogP contribution in [0.15, 0.2) is 30.3 Å². The van der Waals surface area contributed by atoms with Crippen LogP contribution in [0, 0.1) is 11.3 Å². The minimum atomic E-state index is 0.415. The monoisotopic (exact) mass is 258 g/mol. The molecule has 0 unspecified atom stereocenters. The number of nitrogens with one attached hydrogen (secondary N) is 1. The van der Waals surface area contributed by atoms with Gasteiger partial charge in [-0.2, -0.15) is 5.26 Å². The molecule has 0 amide bonds. The summed E-state index contributed by atoms with van der Waals surface area (Å²) in [6, 6.07) is 10.9. The molecule has 1 heterocycles. The molecule has 4 nitrogen and oxygen atoms in total. The van der Waals surface area contributed by atoms with E-state index in [0.717, 1.165) is 12.1 Å². The average molecular weight is 259 g/mol. The summed E-state index contributed by atoms with van der Waals surface area (Å²) in [7, 11) is 0. The summed E-state index contributed by atoms with van der Waals surface area (Å²) in [5, 5.41) is 12.3. The van der Waals surface area contributed by atoms with Crippen molar-refractivity contribution < 1.29 is 0 Å². The Morgan fingerprint density at radius 2 is 2.00 bits per heavy atom. The summed E-state index contributed by atoms with van der Waals surface area (Å²) in [6.07, 6.45) is 0.725. The summed E-state index contributed by atoms with van der Waals surface area (Å²) in [6.45, 7) is 1.97. The van der Waals surface area contributed by atoms with Gasteiger partial charge >= 0.3 is 0 Å². The van der Waals surface area contributed by atoms with Crippen molar-refractivity contribution in [2.45, 2.75) is 13.3 Å². The Kier molecular flexibility index (Phi) is 3.75. The lowest BCUT2D eigenvalue weighted by Gasteiger charge is -2.07. The molecule has 18 heavy (non-hydrogen) atoms. The third-order valence-electron chi connectivity index (χ3n) is 2.34. The number of benzene rings is 1. The van der Waals surface area contributed by atoms with Crippen LogP contribution in [0.3, 0.4) is 0 Å². The van der Waals surface area contributed by atoms with E-state index in [-0.39, 0.29) is 0 Å². The summed E-state index contributed by atoms with van der Waals surface area (Å²) >= 11 is 5.91. The Bertz CT molecular complexity index is 587. The van der Waals surface area contributed by atoms with Crippen LogP contribution in [-0.4, -0.2) is 9.97 Å². The first-order valence-electron chi connectivity index (χ1n) is 5.52. The van der Waals surface area contributed by atoms with Gasteiger partial charge in [-0.1, -0.05) is 18.5 Å². The van der Waals surface area contributed by atoms with Crippen molar-refractivity contribution in [3.63, 3.8) is 0 Å². The van der Waals surface area contributed by atoms with Gasteiger partial charge in [-0.05, 0) is 24.3 Å². The molecule has 5 heteroatoms. The molecule has 90 valence electrons. The summed E-state index contributed by atoms with van der Waals surface area (Å²) in [4.78, 5) is 8.41. The Morgan fingerprint density at radius 3 is 2.61 bits per heavy atom. The molecule has 0 radical (unpaired) electrons. The maximum atomic E-state index is 8.71. The fourth-order valence-corrected chi connectivity index (χ4v) is 1.66.